The summed E-state index contributed by atoms with van der Waals surface area (Å²) >= 11 is 0. The minimum atomic E-state index is -0.760. The third-order valence-electron chi connectivity index (χ3n) is 5.19. The number of aromatic nitrogens is 5. The lowest BCUT2D eigenvalue weighted by Crippen LogP contribution is -2.08. The van der Waals surface area contributed by atoms with Gasteiger partial charge in [0.1, 0.15) is 17.5 Å². The first kappa shape index (κ1) is 17.9. The molecule has 5 rings (SSSR count). The van der Waals surface area contributed by atoms with E-state index in [2.05, 4.69) is 26.3 Å². The standard InChI is InChI=1S/C23H18N6O/c1-14-5-7-19-17(4-3-9-25-19)22(14)21(11-24)30-16-6-8-20-18(10-16)23(28-27-20)15-12-26-29(2)13-15/h3-10,12-13,21H,1-2H3,(H,27,28). The van der Waals surface area contributed by atoms with Gasteiger partial charge in [0, 0.05) is 41.3 Å². The van der Waals surface area contributed by atoms with Crippen LogP contribution in [0.15, 0.2) is 61.1 Å². The number of rotatable bonds is 4. The zero-order chi connectivity index (χ0) is 20.7. The van der Waals surface area contributed by atoms with E-state index in [4.69, 9.17) is 4.74 Å². The largest absolute Gasteiger partial charge is 0.471 e. The summed E-state index contributed by atoms with van der Waals surface area (Å²) in [6.07, 6.45) is 4.67. The minimum absolute atomic E-state index is 0.598. The Hall–Kier alpha value is -4.18. The fourth-order valence-electron chi connectivity index (χ4n) is 3.75. The van der Waals surface area contributed by atoms with Crippen molar-refractivity contribution in [1.82, 2.24) is 25.0 Å². The molecule has 1 atom stereocenters. The number of hydrogen-bond donors (Lipinski definition) is 1. The first-order valence-electron chi connectivity index (χ1n) is 9.51. The maximum Gasteiger partial charge on any atom is 0.210 e. The molecule has 5 aromatic rings. The Kier molecular flexibility index (Phi) is 4.18. The highest BCUT2D eigenvalue weighted by Gasteiger charge is 2.19. The molecule has 7 heteroatoms. The molecule has 7 nitrogen and oxygen atoms in total. The SMILES string of the molecule is Cc1ccc2ncccc2c1C(C#N)Oc1ccc2[nH]nc(-c3cnn(C)c3)c2c1. The Bertz CT molecular complexity index is 1420. The van der Waals surface area contributed by atoms with Crippen molar-refractivity contribution in [3.8, 4) is 23.1 Å². The molecule has 0 saturated carbocycles. The molecule has 2 aromatic carbocycles. The molecule has 3 heterocycles. The quantitative estimate of drug-likeness (QED) is 0.486. The van der Waals surface area contributed by atoms with Crippen LogP contribution in [0.1, 0.15) is 17.2 Å². The van der Waals surface area contributed by atoms with Gasteiger partial charge in [0.15, 0.2) is 0 Å². The number of hydrogen-bond acceptors (Lipinski definition) is 5. The van der Waals surface area contributed by atoms with Crippen molar-refractivity contribution in [3.63, 3.8) is 0 Å². The predicted molar refractivity (Wildman–Crippen MR) is 114 cm³/mol. The maximum atomic E-state index is 9.91. The molecule has 30 heavy (non-hydrogen) atoms. The second kappa shape index (κ2) is 7.01. The van der Waals surface area contributed by atoms with Crippen LogP contribution in [0.4, 0.5) is 0 Å². The highest BCUT2D eigenvalue weighted by Crippen LogP contribution is 2.33. The molecule has 0 aliphatic rings. The van der Waals surface area contributed by atoms with Crippen LogP contribution in [0.25, 0.3) is 33.1 Å². The molecule has 3 aromatic heterocycles. The van der Waals surface area contributed by atoms with E-state index >= 15 is 0 Å². The molecule has 146 valence electrons. The topological polar surface area (TPSA) is 92.4 Å². The lowest BCUT2D eigenvalue weighted by molar-refractivity contribution is 0.263. The van der Waals surface area contributed by atoms with Crippen molar-refractivity contribution in [1.29, 1.82) is 5.26 Å². The van der Waals surface area contributed by atoms with Gasteiger partial charge >= 0.3 is 0 Å². The van der Waals surface area contributed by atoms with Gasteiger partial charge in [0.05, 0.1) is 17.2 Å². The summed E-state index contributed by atoms with van der Waals surface area (Å²) in [6.45, 7) is 1.98. The van der Waals surface area contributed by atoms with Crippen molar-refractivity contribution in [2.75, 3.05) is 0 Å². The molecular weight excluding hydrogens is 376 g/mol. The highest BCUT2D eigenvalue weighted by molar-refractivity contribution is 5.93. The molecule has 0 aliphatic carbocycles. The van der Waals surface area contributed by atoms with Crippen LogP contribution in [0.2, 0.25) is 0 Å². The Labute approximate surface area is 172 Å². The van der Waals surface area contributed by atoms with Crippen LogP contribution in [0.3, 0.4) is 0 Å². The van der Waals surface area contributed by atoms with Gasteiger partial charge in [-0.25, -0.2) is 0 Å². The monoisotopic (exact) mass is 394 g/mol. The van der Waals surface area contributed by atoms with Gasteiger partial charge in [-0.2, -0.15) is 15.5 Å². The number of benzene rings is 2. The van der Waals surface area contributed by atoms with Gasteiger partial charge in [-0.05, 0) is 42.8 Å². The Balaban J connectivity index is 1.57. The van der Waals surface area contributed by atoms with Crippen molar-refractivity contribution in [3.05, 3.63) is 72.2 Å². The summed E-state index contributed by atoms with van der Waals surface area (Å²) in [7, 11) is 1.87. The molecule has 0 spiro atoms. The summed E-state index contributed by atoms with van der Waals surface area (Å²) in [5.41, 5.74) is 5.26. The molecule has 0 amide bonds. The number of aryl methyl sites for hydroxylation is 2. The molecular formula is C23H18N6O. The van der Waals surface area contributed by atoms with Gasteiger partial charge in [0.25, 0.3) is 0 Å². The number of pyridine rings is 1. The molecule has 0 bridgehead atoms. The molecule has 0 fully saturated rings. The van der Waals surface area contributed by atoms with Gasteiger partial charge in [-0.3, -0.25) is 14.8 Å². The van der Waals surface area contributed by atoms with Gasteiger partial charge in [0.2, 0.25) is 6.10 Å². The van der Waals surface area contributed by atoms with Crippen LogP contribution in [0.5, 0.6) is 5.75 Å². The van der Waals surface area contributed by atoms with Crippen molar-refractivity contribution >= 4 is 21.8 Å². The lowest BCUT2D eigenvalue weighted by atomic mass is 9.98. The number of aromatic amines is 1. The Morgan fingerprint density at radius 3 is 2.87 bits per heavy atom. The number of nitriles is 1. The maximum absolute atomic E-state index is 9.91. The molecule has 1 unspecified atom stereocenters. The van der Waals surface area contributed by atoms with Crippen LogP contribution < -0.4 is 4.74 Å². The summed E-state index contributed by atoms with van der Waals surface area (Å²) in [5, 5.41) is 23.4. The highest BCUT2D eigenvalue weighted by atomic mass is 16.5. The summed E-state index contributed by atoms with van der Waals surface area (Å²) in [4.78, 5) is 4.40. The minimum Gasteiger partial charge on any atom is -0.471 e. The van der Waals surface area contributed by atoms with E-state index in [-0.39, 0.29) is 0 Å². The smallest absolute Gasteiger partial charge is 0.210 e. The Morgan fingerprint density at radius 1 is 1.17 bits per heavy atom. The normalized spacial score (nSPS) is 12.2. The molecule has 0 saturated heterocycles. The van der Waals surface area contributed by atoms with Crippen LogP contribution in [-0.2, 0) is 7.05 Å². The second-order valence-electron chi connectivity index (χ2n) is 7.18. The Morgan fingerprint density at radius 2 is 2.07 bits per heavy atom. The zero-order valence-electron chi connectivity index (χ0n) is 16.5. The van der Waals surface area contributed by atoms with E-state index in [9.17, 15) is 5.26 Å². The molecule has 0 aliphatic heterocycles. The first-order chi connectivity index (χ1) is 14.6. The number of ether oxygens (including phenoxy) is 1. The predicted octanol–water partition coefficient (Wildman–Crippen LogP) is 4.46. The number of nitrogens with zero attached hydrogens (tertiary/aromatic N) is 5. The van der Waals surface area contributed by atoms with Crippen LogP contribution in [0, 0.1) is 18.3 Å². The van der Waals surface area contributed by atoms with E-state index in [1.165, 1.54) is 0 Å². The van der Waals surface area contributed by atoms with Crippen molar-refractivity contribution in [2.45, 2.75) is 13.0 Å². The summed E-state index contributed by atoms with van der Waals surface area (Å²) in [6, 6.07) is 15.7. The fourth-order valence-corrected chi connectivity index (χ4v) is 3.75. The van der Waals surface area contributed by atoms with Gasteiger partial charge < -0.3 is 4.74 Å². The lowest BCUT2D eigenvalue weighted by Gasteiger charge is -2.17. The average molecular weight is 394 g/mol. The molecule has 1 N–H and O–H groups in total. The average Bonchev–Trinajstić information content (AvgIpc) is 3.38. The fraction of sp³-hybridized carbons (Fsp3) is 0.130. The van der Waals surface area contributed by atoms with Gasteiger partial charge in [-0.15, -0.1) is 0 Å². The van der Waals surface area contributed by atoms with E-state index < -0.39 is 6.10 Å². The molecule has 0 radical (unpaired) electrons. The van der Waals surface area contributed by atoms with Crippen molar-refractivity contribution < 1.29 is 4.74 Å². The summed E-state index contributed by atoms with van der Waals surface area (Å²) < 4.78 is 7.90. The van der Waals surface area contributed by atoms with Crippen LogP contribution in [-0.4, -0.2) is 25.0 Å². The number of H-pyrrole nitrogens is 1. The third-order valence-corrected chi connectivity index (χ3v) is 5.19. The van der Waals surface area contributed by atoms with Crippen molar-refractivity contribution in [2.24, 2.45) is 7.05 Å². The van der Waals surface area contributed by atoms with E-state index in [1.54, 1.807) is 17.1 Å². The first-order valence-corrected chi connectivity index (χ1v) is 9.51. The van der Waals surface area contributed by atoms with E-state index in [0.717, 1.165) is 44.2 Å². The third kappa shape index (κ3) is 2.95. The van der Waals surface area contributed by atoms with E-state index in [0.29, 0.717) is 5.75 Å². The zero-order valence-corrected chi connectivity index (χ0v) is 16.5. The number of fused-ring (bicyclic) bond motifs is 2. The summed E-state index contributed by atoms with van der Waals surface area (Å²) in [5.74, 6) is 0.598. The van der Waals surface area contributed by atoms with E-state index in [1.807, 2.05) is 62.6 Å². The van der Waals surface area contributed by atoms with Crippen LogP contribution >= 0.6 is 0 Å². The van der Waals surface area contributed by atoms with Gasteiger partial charge in [-0.1, -0.05) is 12.1 Å². The number of nitrogens with one attached hydrogen (secondary N) is 1. The second-order valence-corrected chi connectivity index (χ2v) is 7.18.